The molecule has 0 saturated carbocycles. The summed E-state index contributed by atoms with van der Waals surface area (Å²) in [6.07, 6.45) is 3.59. The summed E-state index contributed by atoms with van der Waals surface area (Å²) < 4.78 is 7.11. The van der Waals surface area contributed by atoms with E-state index >= 15 is 0 Å². The molecule has 1 aromatic rings. The monoisotopic (exact) mass is 239 g/mol. The molecule has 17 heavy (non-hydrogen) atoms. The van der Waals surface area contributed by atoms with Crippen LogP contribution in [0.3, 0.4) is 0 Å². The number of rotatable bonds is 2. The summed E-state index contributed by atoms with van der Waals surface area (Å²) in [5.41, 5.74) is -0.850. The van der Waals surface area contributed by atoms with Crippen molar-refractivity contribution in [2.75, 3.05) is 12.4 Å². The van der Waals surface area contributed by atoms with Gasteiger partial charge in [-0.2, -0.15) is 4.68 Å². The Morgan fingerprint density at radius 3 is 2.76 bits per heavy atom. The van der Waals surface area contributed by atoms with Crippen molar-refractivity contribution >= 4 is 0 Å². The quantitative estimate of drug-likeness (QED) is 0.482. The Balaban J connectivity index is 2.45. The number of nitrogen functional groups attached to an aromatic ring is 1. The minimum atomic E-state index is -0.658. The number of aliphatic hydroxyl groups excluding tert-OH is 1. The first kappa shape index (κ1) is 11.6. The average Bonchev–Trinajstić information content (AvgIpc) is 2.79. The van der Waals surface area contributed by atoms with Crippen molar-refractivity contribution < 1.29 is 9.84 Å². The van der Waals surface area contributed by atoms with Crippen LogP contribution in [0.5, 0.6) is 0 Å². The van der Waals surface area contributed by atoms with Gasteiger partial charge in [0.25, 0.3) is 5.56 Å². The lowest BCUT2D eigenvalue weighted by molar-refractivity contribution is -0.0108. The number of hydrogen-bond donors (Lipinski definition) is 2. The Kier molecular flexibility index (Phi) is 2.86. The molecule has 3 N–H and O–H groups in total. The molecule has 0 saturated heterocycles. The highest BCUT2D eigenvalue weighted by molar-refractivity contribution is 5.07. The van der Waals surface area contributed by atoms with Gasteiger partial charge in [-0.1, -0.05) is 6.08 Å². The zero-order valence-electron chi connectivity index (χ0n) is 9.24. The molecule has 2 rings (SSSR count). The molecule has 1 aromatic heterocycles. The summed E-state index contributed by atoms with van der Waals surface area (Å²) in [5, 5.41) is 8.91. The molecule has 0 radical (unpaired) electrons. The van der Waals surface area contributed by atoms with Crippen molar-refractivity contribution in [2.45, 2.75) is 19.3 Å². The zero-order valence-corrected chi connectivity index (χ0v) is 9.24. The molecule has 0 spiro atoms. The molecule has 0 bridgehead atoms. The van der Waals surface area contributed by atoms with E-state index in [2.05, 4.69) is 0 Å². The third-order valence-electron chi connectivity index (χ3n) is 2.57. The first-order valence-electron chi connectivity index (χ1n) is 5.09. The molecule has 1 aliphatic rings. The molecule has 1 aliphatic heterocycles. The second-order valence-corrected chi connectivity index (χ2v) is 3.81. The Hall–Kier alpha value is -1.86. The zero-order chi connectivity index (χ0) is 12.6. The summed E-state index contributed by atoms with van der Waals surface area (Å²) in [5.74, 6) is 5.36. The summed E-state index contributed by atoms with van der Waals surface area (Å²) >= 11 is 0. The molecule has 2 atom stereocenters. The lowest BCUT2D eigenvalue weighted by Gasteiger charge is -2.16. The van der Waals surface area contributed by atoms with Crippen LogP contribution in [0, 0.1) is 6.92 Å². The maximum absolute atomic E-state index is 11.7. The van der Waals surface area contributed by atoms with Crippen LogP contribution in [-0.2, 0) is 4.74 Å². The normalized spacial score (nSPS) is 23.2. The van der Waals surface area contributed by atoms with E-state index in [1.54, 1.807) is 19.1 Å². The van der Waals surface area contributed by atoms with Gasteiger partial charge < -0.3 is 15.7 Å². The average molecular weight is 239 g/mol. The number of aliphatic hydroxyl groups is 1. The minimum absolute atomic E-state index is 0.164. The van der Waals surface area contributed by atoms with E-state index in [9.17, 15) is 9.59 Å². The smallest absolute Gasteiger partial charge is 0.352 e. The molecule has 2 heterocycles. The highest BCUT2D eigenvalue weighted by Crippen LogP contribution is 2.18. The maximum atomic E-state index is 11.7. The van der Waals surface area contributed by atoms with Gasteiger partial charge in [0.2, 0.25) is 0 Å². The fourth-order valence-electron chi connectivity index (χ4n) is 1.65. The van der Waals surface area contributed by atoms with Gasteiger partial charge in [0.1, 0.15) is 6.10 Å². The van der Waals surface area contributed by atoms with Crippen LogP contribution in [0.1, 0.15) is 11.8 Å². The first-order valence-corrected chi connectivity index (χ1v) is 5.09. The van der Waals surface area contributed by atoms with Gasteiger partial charge in [-0.15, -0.1) is 0 Å². The number of aryl methyl sites for hydroxylation is 1. The topological polar surface area (TPSA) is 99.5 Å². The molecule has 0 aromatic carbocycles. The molecule has 0 amide bonds. The molecule has 0 fully saturated rings. The van der Waals surface area contributed by atoms with E-state index in [1.807, 2.05) is 0 Å². The lowest BCUT2D eigenvalue weighted by Crippen LogP contribution is -2.46. The number of hydrogen-bond acceptors (Lipinski definition) is 5. The predicted molar refractivity (Wildman–Crippen MR) is 60.0 cm³/mol. The van der Waals surface area contributed by atoms with Crippen LogP contribution >= 0.6 is 0 Å². The standard InChI is InChI=1S/C10H13N3O4/c1-6-4-12(10(16)13(11)9(6)15)8-3-2-7(5-14)17-8/h2-4,7-8,14H,5,11H2,1H3. The fourth-order valence-corrected chi connectivity index (χ4v) is 1.65. The van der Waals surface area contributed by atoms with Gasteiger partial charge >= 0.3 is 5.69 Å². The minimum Gasteiger partial charge on any atom is -0.393 e. The molecule has 7 nitrogen and oxygen atoms in total. The largest absolute Gasteiger partial charge is 0.393 e. The van der Waals surface area contributed by atoms with E-state index in [0.29, 0.717) is 10.2 Å². The van der Waals surface area contributed by atoms with Crippen molar-refractivity contribution in [2.24, 2.45) is 0 Å². The van der Waals surface area contributed by atoms with Gasteiger partial charge in [0, 0.05) is 11.8 Å². The maximum Gasteiger partial charge on any atom is 0.352 e. The predicted octanol–water partition coefficient (Wildman–Crippen LogP) is -1.52. The van der Waals surface area contributed by atoms with Crippen molar-refractivity contribution in [1.29, 1.82) is 0 Å². The van der Waals surface area contributed by atoms with E-state index < -0.39 is 23.6 Å². The van der Waals surface area contributed by atoms with Crippen LogP contribution in [-0.4, -0.2) is 27.1 Å². The number of nitrogens with zero attached hydrogens (tertiary/aromatic N) is 2. The van der Waals surface area contributed by atoms with E-state index in [1.165, 1.54) is 10.8 Å². The molecule has 2 unspecified atom stereocenters. The van der Waals surface area contributed by atoms with Gasteiger partial charge in [-0.05, 0) is 13.0 Å². The second kappa shape index (κ2) is 4.19. The lowest BCUT2D eigenvalue weighted by atomic mass is 10.3. The van der Waals surface area contributed by atoms with Crippen LogP contribution in [0.25, 0.3) is 0 Å². The van der Waals surface area contributed by atoms with Gasteiger partial charge in [0.05, 0.1) is 6.61 Å². The summed E-state index contributed by atoms with van der Waals surface area (Å²) in [6, 6.07) is 0. The highest BCUT2D eigenvalue weighted by atomic mass is 16.5. The van der Waals surface area contributed by atoms with Crippen LogP contribution in [0.2, 0.25) is 0 Å². The first-order chi connectivity index (χ1) is 8.04. The van der Waals surface area contributed by atoms with E-state index in [0.717, 1.165) is 0 Å². The van der Waals surface area contributed by atoms with E-state index in [-0.39, 0.29) is 6.61 Å². The van der Waals surface area contributed by atoms with E-state index in [4.69, 9.17) is 15.7 Å². The third-order valence-corrected chi connectivity index (χ3v) is 2.57. The molecular formula is C10H13N3O4. The van der Waals surface area contributed by atoms with Crippen molar-refractivity contribution in [1.82, 2.24) is 9.24 Å². The SMILES string of the molecule is Cc1cn(C2C=CC(CO)O2)c(=O)n(N)c1=O. The Labute approximate surface area is 96.3 Å². The molecule has 0 aliphatic carbocycles. The molecule has 7 heteroatoms. The Morgan fingerprint density at radius 1 is 1.47 bits per heavy atom. The number of aromatic nitrogens is 2. The van der Waals surface area contributed by atoms with Gasteiger partial charge in [-0.25, -0.2) is 4.79 Å². The summed E-state index contributed by atoms with van der Waals surface area (Å²) in [6.45, 7) is 1.40. The Morgan fingerprint density at radius 2 is 2.18 bits per heavy atom. The third kappa shape index (κ3) is 1.90. The van der Waals surface area contributed by atoms with Crippen LogP contribution < -0.4 is 17.1 Å². The number of nitrogens with two attached hydrogens (primary N) is 1. The number of ether oxygens (including phenoxy) is 1. The molecular weight excluding hydrogens is 226 g/mol. The van der Waals surface area contributed by atoms with Gasteiger partial charge in [-0.3, -0.25) is 9.36 Å². The van der Waals surface area contributed by atoms with Crippen molar-refractivity contribution in [3.8, 4) is 0 Å². The van der Waals surface area contributed by atoms with Crippen molar-refractivity contribution in [3.05, 3.63) is 44.8 Å². The van der Waals surface area contributed by atoms with Crippen LogP contribution in [0.15, 0.2) is 27.9 Å². The Bertz CT molecular complexity index is 572. The summed E-state index contributed by atoms with van der Waals surface area (Å²) in [7, 11) is 0. The highest BCUT2D eigenvalue weighted by Gasteiger charge is 2.22. The van der Waals surface area contributed by atoms with Crippen molar-refractivity contribution in [3.63, 3.8) is 0 Å². The van der Waals surface area contributed by atoms with Crippen LogP contribution in [0.4, 0.5) is 0 Å². The van der Waals surface area contributed by atoms with Gasteiger partial charge in [0.15, 0.2) is 6.23 Å². The second-order valence-electron chi connectivity index (χ2n) is 3.81. The molecule has 92 valence electrons. The summed E-state index contributed by atoms with van der Waals surface area (Å²) in [4.78, 5) is 23.2. The fraction of sp³-hybridized carbons (Fsp3) is 0.400.